The Morgan fingerprint density at radius 2 is 1.80 bits per heavy atom. The van der Waals surface area contributed by atoms with Crippen LogP contribution >= 0.6 is 11.8 Å². The molecule has 2 heterocycles. The summed E-state index contributed by atoms with van der Waals surface area (Å²) in [6.45, 7) is 5.93. The van der Waals surface area contributed by atoms with E-state index in [4.69, 9.17) is 0 Å². The first kappa shape index (κ1) is 30.4. The van der Waals surface area contributed by atoms with Crippen LogP contribution in [0.1, 0.15) is 43.4 Å². The fourth-order valence-electron chi connectivity index (χ4n) is 5.49. The second-order valence-corrected chi connectivity index (χ2v) is 12.4. The van der Waals surface area contributed by atoms with E-state index >= 15 is 0 Å². The number of hydrogen-bond donors (Lipinski definition) is 1. The van der Waals surface area contributed by atoms with Gasteiger partial charge in [-0.25, -0.2) is 14.5 Å². The van der Waals surface area contributed by atoms with Crippen molar-refractivity contribution in [1.82, 2.24) is 20.1 Å². The van der Waals surface area contributed by atoms with Gasteiger partial charge < -0.3 is 10.1 Å². The third kappa shape index (κ3) is 6.58. The predicted octanol–water partition coefficient (Wildman–Crippen LogP) is 6.66. The molecule has 4 aromatic rings. The molecule has 13 heteroatoms. The van der Waals surface area contributed by atoms with E-state index in [1.165, 1.54) is 47.0 Å². The molecule has 2 unspecified atom stereocenters. The first-order valence-corrected chi connectivity index (χ1v) is 15.2. The largest absolute Gasteiger partial charge is 0.573 e. The van der Waals surface area contributed by atoms with Crippen LogP contribution in [0.4, 0.5) is 23.7 Å². The number of rotatable bonds is 6. The Kier molecular flexibility index (Phi) is 8.12. The van der Waals surface area contributed by atoms with Gasteiger partial charge in [0.15, 0.2) is 11.0 Å². The van der Waals surface area contributed by atoms with Crippen LogP contribution in [0.5, 0.6) is 5.75 Å². The van der Waals surface area contributed by atoms with Gasteiger partial charge >= 0.3 is 12.4 Å². The quantitative estimate of drug-likeness (QED) is 0.255. The third-order valence-electron chi connectivity index (χ3n) is 7.59. The highest BCUT2D eigenvalue weighted by Gasteiger charge is 2.38. The normalized spacial score (nSPS) is 19.0. The van der Waals surface area contributed by atoms with Gasteiger partial charge in [0.1, 0.15) is 12.1 Å². The van der Waals surface area contributed by atoms with Crippen molar-refractivity contribution in [3.63, 3.8) is 0 Å². The average Bonchev–Trinajstić information content (AvgIpc) is 3.69. The second-order valence-electron chi connectivity index (χ2n) is 11.1. The molecule has 1 aliphatic carbocycles. The molecule has 1 aliphatic heterocycles. The van der Waals surface area contributed by atoms with E-state index in [0.29, 0.717) is 29.5 Å². The molecule has 3 amide bonds. The number of amides is 3. The molecule has 1 aromatic heterocycles. The highest BCUT2D eigenvalue weighted by atomic mass is 32.2. The number of nitrogens with zero attached hydrogens (tertiary/aromatic N) is 5. The van der Waals surface area contributed by atoms with E-state index in [2.05, 4.69) is 39.0 Å². The van der Waals surface area contributed by atoms with E-state index in [1.54, 1.807) is 4.90 Å². The molecule has 2 aliphatic rings. The van der Waals surface area contributed by atoms with Crippen LogP contribution in [0.3, 0.4) is 0 Å². The minimum atomic E-state index is -4.76. The summed E-state index contributed by atoms with van der Waals surface area (Å²) >= 11 is 1.27. The molecule has 9 nitrogen and oxygen atoms in total. The van der Waals surface area contributed by atoms with Gasteiger partial charge in [0.2, 0.25) is 5.91 Å². The van der Waals surface area contributed by atoms with E-state index in [-0.39, 0.29) is 28.9 Å². The topological polar surface area (TPSA) is 102 Å². The maximum atomic E-state index is 13.1. The maximum Gasteiger partial charge on any atom is 0.573 e. The third-order valence-corrected chi connectivity index (χ3v) is 8.63. The number of alkyl halides is 3. The number of anilines is 1. The summed E-state index contributed by atoms with van der Waals surface area (Å²) in [7, 11) is 0. The van der Waals surface area contributed by atoms with Crippen molar-refractivity contribution in [3.05, 3.63) is 89.7 Å². The minimum Gasteiger partial charge on any atom is -0.406 e. The second kappa shape index (κ2) is 12.0. The van der Waals surface area contributed by atoms with E-state index in [1.807, 2.05) is 49.4 Å². The zero-order valence-electron chi connectivity index (χ0n) is 24.6. The first-order chi connectivity index (χ1) is 21.4. The fourth-order valence-corrected chi connectivity index (χ4v) is 6.44. The summed E-state index contributed by atoms with van der Waals surface area (Å²) in [6.07, 6.45) is -2.06. The summed E-state index contributed by atoms with van der Waals surface area (Å²) in [5.74, 6) is 0.205. The summed E-state index contributed by atoms with van der Waals surface area (Å²) < 4.78 is 42.8. The van der Waals surface area contributed by atoms with E-state index in [9.17, 15) is 22.8 Å². The number of thioether (sulfide) groups is 1. The number of benzene rings is 3. The number of amidine groups is 1. The van der Waals surface area contributed by atoms with Gasteiger partial charge in [-0.1, -0.05) is 55.9 Å². The van der Waals surface area contributed by atoms with Gasteiger partial charge in [-0.2, -0.15) is 4.99 Å². The highest BCUT2D eigenvalue weighted by Crippen LogP contribution is 2.36. The average molecular weight is 635 g/mol. The molecule has 45 heavy (non-hydrogen) atoms. The first-order valence-electron chi connectivity index (χ1n) is 14.3. The molecule has 0 spiro atoms. The molecule has 0 radical (unpaired) electrons. The highest BCUT2D eigenvalue weighted by molar-refractivity contribution is 8.16. The zero-order chi connectivity index (χ0) is 31.9. The number of aromatic nitrogens is 3. The zero-order valence-corrected chi connectivity index (χ0v) is 25.4. The number of halogens is 3. The summed E-state index contributed by atoms with van der Waals surface area (Å²) in [6, 6.07) is 18.2. The Morgan fingerprint density at radius 1 is 1.07 bits per heavy atom. The van der Waals surface area contributed by atoms with Crippen molar-refractivity contribution in [2.24, 2.45) is 4.99 Å². The number of aliphatic imine (C=N–C) groups is 1. The Labute approximate surface area is 261 Å². The van der Waals surface area contributed by atoms with Gasteiger partial charge in [0, 0.05) is 11.6 Å². The minimum absolute atomic E-state index is 0.107. The molecule has 3 aromatic carbocycles. The van der Waals surface area contributed by atoms with Crippen molar-refractivity contribution in [2.45, 2.75) is 57.2 Å². The van der Waals surface area contributed by atoms with Gasteiger partial charge in [-0.15, -0.1) is 18.3 Å². The number of para-hydroxylation sites is 1. The van der Waals surface area contributed by atoms with Crippen LogP contribution in [-0.4, -0.2) is 49.5 Å². The van der Waals surface area contributed by atoms with E-state index in [0.717, 1.165) is 27.9 Å². The van der Waals surface area contributed by atoms with Crippen molar-refractivity contribution in [1.29, 1.82) is 0 Å². The van der Waals surface area contributed by atoms with Crippen molar-refractivity contribution in [3.8, 4) is 22.8 Å². The predicted molar refractivity (Wildman–Crippen MR) is 166 cm³/mol. The number of carbonyl (C=O) groups is 2. The molecule has 0 bridgehead atoms. The van der Waals surface area contributed by atoms with Crippen molar-refractivity contribution >= 4 is 34.6 Å². The molecule has 6 rings (SSSR count). The smallest absolute Gasteiger partial charge is 0.406 e. The van der Waals surface area contributed by atoms with Crippen LogP contribution < -0.4 is 15.0 Å². The van der Waals surface area contributed by atoms with Crippen LogP contribution in [0.25, 0.3) is 17.1 Å². The Balaban J connectivity index is 1.13. The lowest BCUT2D eigenvalue weighted by atomic mass is 10.0. The lowest BCUT2D eigenvalue weighted by Gasteiger charge is -2.21. The van der Waals surface area contributed by atoms with Gasteiger partial charge in [0.05, 0.1) is 16.6 Å². The molecule has 0 saturated carbocycles. The SMILES string of the molecule is CC1S/C(=N\C(=O)NC2Cc3ccc(-c4ncn(-c5ccc(OC(F)(F)F)cc5)n4)cc3C2)N(c2ccccc2C(C)C)C1=O. The Morgan fingerprint density at radius 3 is 2.53 bits per heavy atom. The molecule has 1 N–H and O–H groups in total. The van der Waals surface area contributed by atoms with Crippen LogP contribution in [0, 0.1) is 0 Å². The Bertz CT molecular complexity index is 1790. The number of fused-ring (bicyclic) bond motifs is 1. The lowest BCUT2D eigenvalue weighted by Crippen LogP contribution is -2.36. The molecule has 1 saturated heterocycles. The monoisotopic (exact) mass is 634 g/mol. The lowest BCUT2D eigenvalue weighted by molar-refractivity contribution is -0.274. The summed E-state index contributed by atoms with van der Waals surface area (Å²) in [5, 5.41) is 7.49. The van der Waals surface area contributed by atoms with Crippen molar-refractivity contribution in [2.75, 3.05) is 4.90 Å². The number of nitrogens with one attached hydrogen (secondary N) is 1. The number of hydrogen-bond acceptors (Lipinski definition) is 6. The molecular weight excluding hydrogens is 605 g/mol. The Hall–Kier alpha value is -4.65. The molecule has 1 fully saturated rings. The molecule has 232 valence electrons. The standard InChI is InChI=1S/C32H29F3N6O3S/c1-18(2)26-6-4-5-7-27(26)41-29(42)19(3)45-31(41)38-30(43)37-23-15-20-8-9-21(14-22(20)16-23)28-36-17-40(39-28)24-10-12-25(13-11-24)44-32(33,34)35/h4-14,17-19,23H,15-16H2,1-3H3,(H,37,43)/b38-31-. The number of ether oxygens (including phenoxy) is 1. The summed E-state index contributed by atoms with van der Waals surface area (Å²) in [4.78, 5) is 36.4. The van der Waals surface area contributed by atoms with Gasteiger partial charge in [-0.3, -0.25) is 9.69 Å². The summed E-state index contributed by atoms with van der Waals surface area (Å²) in [5.41, 5.74) is 5.17. The van der Waals surface area contributed by atoms with Crippen molar-refractivity contribution < 1.29 is 27.5 Å². The number of carbonyl (C=O) groups excluding carboxylic acids is 2. The van der Waals surface area contributed by atoms with E-state index < -0.39 is 12.4 Å². The molecular formula is C32H29F3N6O3S. The van der Waals surface area contributed by atoms with Crippen LogP contribution in [-0.2, 0) is 17.6 Å². The molecule has 2 atom stereocenters. The van der Waals surface area contributed by atoms with Crippen LogP contribution in [0.15, 0.2) is 78.0 Å². The fraction of sp³-hybridized carbons (Fsp3) is 0.281. The number of urea groups is 1. The van der Waals surface area contributed by atoms with Crippen LogP contribution in [0.2, 0.25) is 0 Å². The maximum absolute atomic E-state index is 13.1. The van der Waals surface area contributed by atoms with Gasteiger partial charge in [-0.05, 0) is 78.8 Å². The van der Waals surface area contributed by atoms with Gasteiger partial charge in [0.25, 0.3) is 0 Å².